The predicted octanol–water partition coefficient (Wildman–Crippen LogP) is 9.48. The normalized spacial score (nSPS) is 13.7. The van der Waals surface area contributed by atoms with Crippen molar-refractivity contribution in [3.8, 4) is 11.1 Å². The number of pyridine rings is 1. The number of fused-ring (bicyclic) bond motifs is 1. The third kappa shape index (κ3) is 4.58. The highest BCUT2D eigenvalue weighted by Gasteiger charge is 2.60. The van der Waals surface area contributed by atoms with Crippen LogP contribution in [0.15, 0.2) is 179 Å². The molecule has 0 saturated carbocycles. The molecule has 226 valence electrons. The predicted molar refractivity (Wildman–Crippen MR) is 184 cm³/mol. The molecular formula is C40H31N7. The van der Waals surface area contributed by atoms with Gasteiger partial charge in [-0.25, -0.2) is 9.97 Å². The van der Waals surface area contributed by atoms with E-state index in [2.05, 4.69) is 135 Å². The number of hydrogen-bond donors (Lipinski definition) is 0. The molecule has 2 aromatic heterocycles. The van der Waals surface area contributed by atoms with Gasteiger partial charge in [0.1, 0.15) is 11.3 Å². The average Bonchev–Trinajstić information content (AvgIpc) is 3.76. The number of rotatable bonds is 8. The van der Waals surface area contributed by atoms with E-state index >= 15 is 0 Å². The molecule has 1 aliphatic rings. The topological polar surface area (TPSA) is 80.1 Å². The molecule has 0 amide bonds. The van der Waals surface area contributed by atoms with Gasteiger partial charge in [0.25, 0.3) is 0 Å². The highest BCUT2D eigenvalue weighted by atomic mass is 15.6. The highest BCUT2D eigenvalue weighted by Crippen LogP contribution is 2.58. The fourth-order valence-corrected chi connectivity index (χ4v) is 7.09. The Morgan fingerprint density at radius 1 is 0.596 bits per heavy atom. The zero-order valence-electron chi connectivity index (χ0n) is 25.8. The molecule has 0 saturated heterocycles. The van der Waals surface area contributed by atoms with Crippen LogP contribution in [0.5, 0.6) is 0 Å². The van der Waals surface area contributed by atoms with E-state index in [1.54, 1.807) is 0 Å². The molecule has 7 aromatic rings. The van der Waals surface area contributed by atoms with Gasteiger partial charge in [-0.05, 0) is 62.9 Å². The summed E-state index contributed by atoms with van der Waals surface area (Å²) in [5, 5.41) is 18.5. The molecule has 5 aromatic carbocycles. The molecule has 0 unspecified atom stereocenters. The van der Waals surface area contributed by atoms with Gasteiger partial charge in [-0.2, -0.15) is 0 Å². The number of benzene rings is 5. The molecule has 0 spiro atoms. The van der Waals surface area contributed by atoms with Crippen LogP contribution in [0.1, 0.15) is 33.6 Å². The highest BCUT2D eigenvalue weighted by molar-refractivity contribution is 5.73. The van der Waals surface area contributed by atoms with Crippen molar-refractivity contribution in [2.75, 3.05) is 0 Å². The molecule has 47 heavy (non-hydrogen) atoms. The molecular weight excluding hydrogens is 578 g/mol. The van der Waals surface area contributed by atoms with Gasteiger partial charge < -0.3 is 4.57 Å². The minimum absolute atomic E-state index is 0.673. The second-order valence-corrected chi connectivity index (χ2v) is 11.7. The fourth-order valence-electron chi connectivity index (χ4n) is 7.09. The molecule has 1 aliphatic heterocycles. The average molecular weight is 610 g/mol. The van der Waals surface area contributed by atoms with E-state index in [4.69, 9.17) is 15.2 Å². The lowest BCUT2D eigenvalue weighted by atomic mass is 9.59. The zero-order chi connectivity index (χ0) is 31.7. The molecule has 0 atom stereocenters. The summed E-state index contributed by atoms with van der Waals surface area (Å²) in [7, 11) is 0. The maximum absolute atomic E-state index is 5.01. The van der Waals surface area contributed by atoms with Gasteiger partial charge in [0.15, 0.2) is 5.65 Å². The number of nitrogens with zero attached hydrogens (tertiary/aromatic N) is 7. The van der Waals surface area contributed by atoms with E-state index < -0.39 is 11.1 Å². The van der Waals surface area contributed by atoms with E-state index in [-0.39, 0.29) is 0 Å². The molecule has 0 aliphatic carbocycles. The second kappa shape index (κ2) is 11.7. The molecule has 0 bridgehead atoms. The first kappa shape index (κ1) is 28.4. The summed E-state index contributed by atoms with van der Waals surface area (Å²) in [5.74, 6) is 0.936. The van der Waals surface area contributed by atoms with Gasteiger partial charge in [0.05, 0.1) is 12.0 Å². The third-order valence-electron chi connectivity index (χ3n) is 9.17. The monoisotopic (exact) mass is 609 g/mol. The Kier molecular flexibility index (Phi) is 7.06. The maximum Gasteiger partial charge on any atom is 0.238 e. The van der Waals surface area contributed by atoms with Gasteiger partial charge >= 0.3 is 0 Å². The van der Waals surface area contributed by atoms with Crippen molar-refractivity contribution in [1.29, 1.82) is 0 Å². The van der Waals surface area contributed by atoms with E-state index in [1.165, 1.54) is 0 Å². The van der Waals surface area contributed by atoms with Crippen molar-refractivity contribution < 1.29 is 0 Å². The molecule has 7 nitrogen and oxygen atoms in total. The third-order valence-corrected chi connectivity index (χ3v) is 9.17. The summed E-state index contributed by atoms with van der Waals surface area (Å²) < 4.78 is 2.15. The van der Waals surface area contributed by atoms with Crippen LogP contribution < -0.4 is 0 Å². The SMILES string of the molecule is Cc1nc2cccnc2n1Cc1ccc(-c2ccccc2C2(C(c3ccccc3)(c3ccccc3)c3ccccc3)N=NN=N2)cc1. The summed E-state index contributed by atoms with van der Waals surface area (Å²) >= 11 is 0. The lowest BCUT2D eigenvalue weighted by Crippen LogP contribution is -2.48. The first-order chi connectivity index (χ1) is 23.2. The van der Waals surface area contributed by atoms with Crippen LogP contribution in [-0.4, -0.2) is 14.5 Å². The van der Waals surface area contributed by atoms with Gasteiger partial charge in [0.2, 0.25) is 5.66 Å². The van der Waals surface area contributed by atoms with Crippen molar-refractivity contribution in [3.05, 3.63) is 191 Å². The van der Waals surface area contributed by atoms with Gasteiger partial charge in [-0.15, -0.1) is 10.2 Å². The van der Waals surface area contributed by atoms with Crippen molar-refractivity contribution >= 4 is 11.2 Å². The van der Waals surface area contributed by atoms with Crippen molar-refractivity contribution in [3.63, 3.8) is 0 Å². The lowest BCUT2D eigenvalue weighted by Gasteiger charge is -2.45. The van der Waals surface area contributed by atoms with Crippen LogP contribution >= 0.6 is 0 Å². The van der Waals surface area contributed by atoms with Crippen LogP contribution in [0.4, 0.5) is 0 Å². The largest absolute Gasteiger partial charge is 0.308 e. The van der Waals surface area contributed by atoms with Gasteiger partial charge in [0, 0.05) is 11.8 Å². The molecule has 0 radical (unpaired) electrons. The lowest BCUT2D eigenvalue weighted by molar-refractivity contribution is 0.318. The molecule has 0 fully saturated rings. The first-order valence-corrected chi connectivity index (χ1v) is 15.7. The summed E-state index contributed by atoms with van der Waals surface area (Å²) in [5.41, 5.74) is 6.89. The first-order valence-electron chi connectivity index (χ1n) is 15.7. The number of imidazole rings is 1. The second-order valence-electron chi connectivity index (χ2n) is 11.7. The Morgan fingerprint density at radius 3 is 1.74 bits per heavy atom. The van der Waals surface area contributed by atoms with Gasteiger partial charge in [-0.1, -0.05) is 140 Å². The quantitative estimate of drug-likeness (QED) is 0.161. The van der Waals surface area contributed by atoms with Crippen molar-refractivity contribution in [2.45, 2.75) is 24.5 Å². The zero-order valence-corrected chi connectivity index (χ0v) is 25.8. The standard InChI is InChI=1S/C40H31N7/c1-29-42-37-22-13-27-41-38(37)47(29)28-30-23-25-31(26-24-30)35-20-11-12-21-36(35)40(43-45-46-44-40)39(32-14-5-2-6-15-32,33-16-7-3-8-17-33)34-18-9-4-10-19-34/h2-27H,28H2,1H3. The Bertz CT molecular complexity index is 2110. The van der Waals surface area contributed by atoms with E-state index in [9.17, 15) is 0 Å². The number of aromatic nitrogens is 3. The van der Waals surface area contributed by atoms with E-state index in [0.717, 1.165) is 55.9 Å². The summed E-state index contributed by atoms with van der Waals surface area (Å²) in [4.78, 5) is 9.28. The van der Waals surface area contributed by atoms with Crippen LogP contribution in [0.2, 0.25) is 0 Å². The Hall–Kier alpha value is -6.08. The molecule has 0 N–H and O–H groups in total. The Balaban J connectivity index is 1.31. The number of hydrogen-bond acceptors (Lipinski definition) is 6. The van der Waals surface area contributed by atoms with Crippen LogP contribution in [0.3, 0.4) is 0 Å². The molecule has 3 heterocycles. The van der Waals surface area contributed by atoms with Crippen molar-refractivity contribution in [2.24, 2.45) is 20.7 Å². The van der Waals surface area contributed by atoms with Crippen molar-refractivity contribution in [1.82, 2.24) is 14.5 Å². The minimum atomic E-state index is -1.25. The summed E-state index contributed by atoms with van der Waals surface area (Å²) in [6, 6.07) is 52.4. The minimum Gasteiger partial charge on any atom is -0.308 e. The number of aryl methyl sites for hydroxylation is 1. The summed E-state index contributed by atoms with van der Waals surface area (Å²) in [6.07, 6.45) is 1.81. The Morgan fingerprint density at radius 2 is 1.15 bits per heavy atom. The smallest absolute Gasteiger partial charge is 0.238 e. The van der Waals surface area contributed by atoms with Crippen LogP contribution in [0.25, 0.3) is 22.3 Å². The Labute approximate surface area is 273 Å². The van der Waals surface area contributed by atoms with Crippen LogP contribution in [0, 0.1) is 6.92 Å². The van der Waals surface area contributed by atoms with E-state index in [0.29, 0.717) is 6.54 Å². The summed E-state index contributed by atoms with van der Waals surface area (Å²) in [6.45, 7) is 2.70. The van der Waals surface area contributed by atoms with Gasteiger partial charge in [-0.3, -0.25) is 0 Å². The molecule has 7 heteroatoms. The van der Waals surface area contributed by atoms with E-state index in [1.807, 2.05) is 49.5 Å². The maximum atomic E-state index is 5.01. The van der Waals surface area contributed by atoms with Crippen LogP contribution in [-0.2, 0) is 17.6 Å². The fraction of sp³-hybridized carbons (Fsp3) is 0.100. The molecule has 8 rings (SSSR count).